The quantitative estimate of drug-likeness (QED) is 0.411. The van der Waals surface area contributed by atoms with Crippen molar-refractivity contribution in [2.45, 2.75) is 12.6 Å². The van der Waals surface area contributed by atoms with Crippen LogP contribution in [-0.4, -0.2) is 36.8 Å². The lowest BCUT2D eigenvalue weighted by Crippen LogP contribution is -2.37. The van der Waals surface area contributed by atoms with Crippen molar-refractivity contribution in [3.8, 4) is 22.9 Å². The zero-order valence-corrected chi connectivity index (χ0v) is 19.9. The molecule has 0 saturated carbocycles. The predicted molar refractivity (Wildman–Crippen MR) is 135 cm³/mol. The Morgan fingerprint density at radius 1 is 0.857 bits per heavy atom. The molecule has 1 aliphatic rings. The molecule has 0 spiro atoms. The van der Waals surface area contributed by atoms with Gasteiger partial charge < -0.3 is 29.0 Å². The summed E-state index contributed by atoms with van der Waals surface area (Å²) >= 11 is 0. The molecule has 7 heteroatoms. The number of methoxy groups -OCH3 is 3. The fraction of sp³-hybridized carbons (Fsp3) is 0.179. The molecule has 1 aromatic heterocycles. The van der Waals surface area contributed by atoms with E-state index in [9.17, 15) is 4.79 Å². The molecule has 1 aliphatic heterocycles. The average molecular weight is 470 g/mol. The summed E-state index contributed by atoms with van der Waals surface area (Å²) in [5.74, 6) is 1.98. The van der Waals surface area contributed by atoms with Gasteiger partial charge in [0.2, 0.25) is 0 Å². The second-order valence-electron chi connectivity index (χ2n) is 8.24. The SMILES string of the molecule is COc1ccc(NC(=O)N2Cc3ccccc3-n3cccc3[C@H]2c2ccc(OC)c(OC)c2)cc1. The zero-order chi connectivity index (χ0) is 24.4. The Labute approximate surface area is 204 Å². The van der Waals surface area contributed by atoms with Crippen LogP contribution in [0.4, 0.5) is 10.5 Å². The van der Waals surface area contributed by atoms with Gasteiger partial charge in [0.25, 0.3) is 0 Å². The minimum atomic E-state index is -0.365. The molecule has 2 heterocycles. The van der Waals surface area contributed by atoms with Crippen LogP contribution in [-0.2, 0) is 6.54 Å². The topological polar surface area (TPSA) is 65.0 Å². The number of fused-ring (bicyclic) bond motifs is 3. The van der Waals surface area contributed by atoms with Crippen molar-refractivity contribution >= 4 is 11.7 Å². The molecule has 0 unspecified atom stereocenters. The van der Waals surface area contributed by atoms with Crippen LogP contribution < -0.4 is 19.5 Å². The highest BCUT2D eigenvalue weighted by molar-refractivity contribution is 5.90. The van der Waals surface area contributed by atoms with Crippen molar-refractivity contribution in [1.82, 2.24) is 9.47 Å². The molecule has 5 rings (SSSR count). The summed E-state index contributed by atoms with van der Waals surface area (Å²) in [6.45, 7) is 0.429. The second-order valence-corrected chi connectivity index (χ2v) is 8.24. The van der Waals surface area contributed by atoms with Crippen molar-refractivity contribution in [3.05, 3.63) is 102 Å². The van der Waals surface area contributed by atoms with Crippen LogP contribution in [0.2, 0.25) is 0 Å². The number of amides is 2. The molecule has 0 radical (unpaired) electrons. The number of para-hydroxylation sites is 1. The Hall–Kier alpha value is -4.39. The average Bonchev–Trinajstić information content (AvgIpc) is 3.33. The first-order valence-electron chi connectivity index (χ1n) is 11.3. The normalized spacial score (nSPS) is 14.4. The summed E-state index contributed by atoms with van der Waals surface area (Å²) in [4.78, 5) is 15.6. The molecule has 0 bridgehead atoms. The van der Waals surface area contributed by atoms with Gasteiger partial charge in [0.05, 0.1) is 39.6 Å². The third-order valence-electron chi connectivity index (χ3n) is 6.29. The van der Waals surface area contributed by atoms with Crippen LogP contribution in [0.3, 0.4) is 0 Å². The number of nitrogens with zero attached hydrogens (tertiary/aromatic N) is 2. The van der Waals surface area contributed by atoms with Gasteiger partial charge in [0.15, 0.2) is 11.5 Å². The lowest BCUT2D eigenvalue weighted by molar-refractivity contribution is 0.194. The van der Waals surface area contributed by atoms with Crippen LogP contribution >= 0.6 is 0 Å². The van der Waals surface area contributed by atoms with Crippen LogP contribution in [0.25, 0.3) is 5.69 Å². The number of carbonyl (C=O) groups excluding carboxylic acids is 1. The molecule has 2 amide bonds. The lowest BCUT2D eigenvalue weighted by Gasteiger charge is -2.31. The standard InChI is InChI=1S/C28H27N3O4/c1-33-22-13-11-21(12-14-22)29-28(32)31-18-20-7-4-5-8-23(20)30-16-6-9-24(30)27(31)19-10-15-25(34-2)26(17-19)35-3/h4-17,27H,18H2,1-3H3,(H,29,32)/t27-/m1/s1. The number of anilines is 1. The van der Waals surface area contributed by atoms with E-state index >= 15 is 0 Å². The van der Waals surface area contributed by atoms with Crippen molar-refractivity contribution < 1.29 is 19.0 Å². The van der Waals surface area contributed by atoms with E-state index in [4.69, 9.17) is 14.2 Å². The number of urea groups is 1. The second kappa shape index (κ2) is 9.46. The van der Waals surface area contributed by atoms with Gasteiger partial charge in [-0.15, -0.1) is 0 Å². The molecule has 178 valence electrons. The van der Waals surface area contributed by atoms with E-state index in [0.29, 0.717) is 23.7 Å². The van der Waals surface area contributed by atoms with E-state index < -0.39 is 0 Å². The van der Waals surface area contributed by atoms with Gasteiger partial charge in [-0.05, 0) is 65.7 Å². The number of aromatic nitrogens is 1. The number of hydrogen-bond donors (Lipinski definition) is 1. The first-order valence-corrected chi connectivity index (χ1v) is 11.3. The molecular formula is C28H27N3O4. The molecule has 1 atom stereocenters. The zero-order valence-electron chi connectivity index (χ0n) is 19.9. The Morgan fingerprint density at radius 3 is 2.37 bits per heavy atom. The highest BCUT2D eigenvalue weighted by Crippen LogP contribution is 2.39. The summed E-state index contributed by atoms with van der Waals surface area (Å²) < 4.78 is 18.4. The third-order valence-corrected chi connectivity index (χ3v) is 6.29. The van der Waals surface area contributed by atoms with E-state index in [1.165, 1.54) is 0 Å². The maximum atomic E-state index is 13.8. The number of carbonyl (C=O) groups is 1. The Bertz CT molecular complexity index is 1350. The van der Waals surface area contributed by atoms with Crippen molar-refractivity contribution in [3.63, 3.8) is 0 Å². The van der Waals surface area contributed by atoms with E-state index in [0.717, 1.165) is 28.3 Å². The Balaban J connectivity index is 1.61. The van der Waals surface area contributed by atoms with E-state index in [-0.39, 0.29) is 12.1 Å². The summed E-state index contributed by atoms with van der Waals surface area (Å²) in [5, 5.41) is 3.06. The Morgan fingerprint density at radius 2 is 1.63 bits per heavy atom. The fourth-order valence-electron chi connectivity index (χ4n) is 4.58. The highest BCUT2D eigenvalue weighted by Gasteiger charge is 2.33. The van der Waals surface area contributed by atoms with Crippen LogP contribution in [0.1, 0.15) is 22.9 Å². The highest BCUT2D eigenvalue weighted by atomic mass is 16.5. The van der Waals surface area contributed by atoms with Gasteiger partial charge in [-0.3, -0.25) is 0 Å². The monoisotopic (exact) mass is 469 g/mol. The first kappa shape index (κ1) is 22.4. The summed E-state index contributed by atoms with van der Waals surface area (Å²) in [7, 11) is 4.84. The lowest BCUT2D eigenvalue weighted by atomic mass is 10.0. The number of rotatable bonds is 5. The smallest absolute Gasteiger partial charge is 0.322 e. The predicted octanol–water partition coefficient (Wildman–Crippen LogP) is 5.64. The molecule has 4 aromatic rings. The van der Waals surface area contributed by atoms with Gasteiger partial charge in [-0.2, -0.15) is 0 Å². The number of benzene rings is 3. The van der Waals surface area contributed by atoms with E-state index in [1.807, 2.05) is 71.8 Å². The maximum absolute atomic E-state index is 13.8. The molecule has 0 fully saturated rings. The van der Waals surface area contributed by atoms with Crippen molar-refractivity contribution in [1.29, 1.82) is 0 Å². The largest absolute Gasteiger partial charge is 0.497 e. The minimum absolute atomic E-state index is 0.209. The number of hydrogen-bond acceptors (Lipinski definition) is 4. The molecule has 0 aliphatic carbocycles. The summed E-state index contributed by atoms with van der Waals surface area (Å²) in [6.07, 6.45) is 2.03. The number of nitrogens with one attached hydrogen (secondary N) is 1. The molecular weight excluding hydrogens is 442 g/mol. The Kier molecular flexibility index (Phi) is 6.06. The van der Waals surface area contributed by atoms with Crippen LogP contribution in [0.5, 0.6) is 17.2 Å². The molecule has 1 N–H and O–H groups in total. The fourth-order valence-corrected chi connectivity index (χ4v) is 4.58. The first-order chi connectivity index (χ1) is 17.1. The summed E-state index contributed by atoms with van der Waals surface area (Å²) in [6, 6.07) is 24.7. The van der Waals surface area contributed by atoms with Gasteiger partial charge >= 0.3 is 6.03 Å². The van der Waals surface area contributed by atoms with Gasteiger partial charge in [-0.1, -0.05) is 24.3 Å². The number of ether oxygens (including phenoxy) is 3. The van der Waals surface area contributed by atoms with E-state index in [2.05, 4.69) is 28.1 Å². The molecule has 3 aromatic carbocycles. The van der Waals surface area contributed by atoms with E-state index in [1.54, 1.807) is 21.3 Å². The molecule has 7 nitrogen and oxygen atoms in total. The third kappa shape index (κ3) is 4.17. The molecule has 35 heavy (non-hydrogen) atoms. The van der Waals surface area contributed by atoms with Crippen LogP contribution in [0, 0.1) is 0 Å². The molecule has 0 saturated heterocycles. The van der Waals surface area contributed by atoms with Gasteiger partial charge in [-0.25, -0.2) is 4.79 Å². The summed E-state index contributed by atoms with van der Waals surface area (Å²) in [5.41, 5.74) is 4.69. The maximum Gasteiger partial charge on any atom is 0.322 e. The van der Waals surface area contributed by atoms with Crippen molar-refractivity contribution in [2.75, 3.05) is 26.6 Å². The van der Waals surface area contributed by atoms with Gasteiger partial charge in [0, 0.05) is 17.6 Å². The van der Waals surface area contributed by atoms with Crippen LogP contribution in [0.15, 0.2) is 85.1 Å². The van der Waals surface area contributed by atoms with Gasteiger partial charge in [0.1, 0.15) is 5.75 Å². The van der Waals surface area contributed by atoms with Crippen molar-refractivity contribution in [2.24, 2.45) is 0 Å². The minimum Gasteiger partial charge on any atom is -0.497 e.